The monoisotopic (exact) mass is 831 g/mol. The molecule has 60 heavy (non-hydrogen) atoms. The third-order valence-corrected chi connectivity index (χ3v) is 9.05. The number of esters is 3. The van der Waals surface area contributed by atoms with Crippen LogP contribution in [-0.2, 0) is 28.6 Å². The fraction of sp³-hybridized carbons (Fsp3) is 0.467. The Kier molecular flexibility index (Phi) is 15.7. The number of hydrogen-bond acceptors (Lipinski definition) is 15. The highest BCUT2D eigenvalue weighted by Crippen LogP contribution is 2.39. The van der Waals surface area contributed by atoms with Gasteiger partial charge < -0.3 is 43.7 Å². The molecule has 324 valence electrons. The van der Waals surface area contributed by atoms with Crippen LogP contribution in [0.25, 0.3) is 34.2 Å². The van der Waals surface area contributed by atoms with Crippen LogP contribution in [0, 0.1) is 0 Å². The van der Waals surface area contributed by atoms with E-state index in [1.165, 1.54) is 54.6 Å². The van der Waals surface area contributed by atoms with Crippen molar-refractivity contribution in [2.75, 3.05) is 19.8 Å². The molecule has 4 rings (SSSR count). The second-order valence-electron chi connectivity index (χ2n) is 15.6. The summed E-state index contributed by atoms with van der Waals surface area (Å²) >= 11 is 0. The van der Waals surface area contributed by atoms with Gasteiger partial charge in [-0.3, -0.25) is 0 Å². The van der Waals surface area contributed by atoms with E-state index in [0.29, 0.717) is 19.3 Å². The van der Waals surface area contributed by atoms with E-state index >= 15 is 0 Å². The maximum absolute atomic E-state index is 12.7. The Hall–Kier alpha value is -6.12. The molecule has 15 heteroatoms. The summed E-state index contributed by atoms with van der Waals surface area (Å²) in [7, 11) is 0. The van der Waals surface area contributed by atoms with Crippen molar-refractivity contribution in [2.24, 2.45) is 0 Å². The van der Waals surface area contributed by atoms with Crippen molar-refractivity contribution in [3.8, 4) is 68.7 Å². The molecule has 0 fully saturated rings. The number of phenols is 3. The molecule has 0 aliphatic rings. The number of ether oxygens (including phenoxy) is 6. The molecule has 1 aromatic heterocycles. The van der Waals surface area contributed by atoms with Gasteiger partial charge in [-0.15, -0.1) is 0 Å². The van der Waals surface area contributed by atoms with Crippen molar-refractivity contribution in [3.05, 3.63) is 54.6 Å². The smallest absolute Gasteiger partial charge is 0.349 e. The molecule has 1 heterocycles. The zero-order chi connectivity index (χ0) is 44.3. The van der Waals surface area contributed by atoms with Gasteiger partial charge in [-0.05, 0) is 97.2 Å². The van der Waals surface area contributed by atoms with E-state index < -0.39 is 34.7 Å². The molecule has 0 radical (unpaired) electrons. The Bertz CT molecular complexity index is 1880. The highest BCUT2D eigenvalue weighted by Gasteiger charge is 2.34. The highest BCUT2D eigenvalue weighted by atomic mass is 16.6. The van der Waals surface area contributed by atoms with Gasteiger partial charge in [0.2, 0.25) is 0 Å². The Balaban J connectivity index is 1.74. The fourth-order valence-electron chi connectivity index (χ4n) is 5.49. The fourth-order valence-corrected chi connectivity index (χ4v) is 5.49. The van der Waals surface area contributed by atoms with Gasteiger partial charge in [-0.25, -0.2) is 29.3 Å². The number of phenolic OH excluding ortho intramolecular Hbond substituents is 3. The third-order valence-electron chi connectivity index (χ3n) is 9.05. The van der Waals surface area contributed by atoms with Gasteiger partial charge in [-0.2, -0.15) is 0 Å². The maximum atomic E-state index is 12.7. The van der Waals surface area contributed by atoms with Gasteiger partial charge in [0.1, 0.15) is 34.5 Å². The van der Waals surface area contributed by atoms with E-state index in [0.717, 1.165) is 19.3 Å². The van der Waals surface area contributed by atoms with Crippen LogP contribution in [0.4, 0.5) is 0 Å². The number of carbonyl (C=O) groups excluding carboxylic acids is 3. The van der Waals surface area contributed by atoms with E-state index in [-0.39, 0.29) is 88.5 Å². The minimum atomic E-state index is -1.37. The lowest BCUT2D eigenvalue weighted by Crippen LogP contribution is -2.39. The number of benzene rings is 3. The first-order valence-corrected chi connectivity index (χ1v) is 20.2. The minimum absolute atomic E-state index is 0.0522. The van der Waals surface area contributed by atoms with Crippen LogP contribution in [0.1, 0.15) is 101 Å². The maximum Gasteiger partial charge on any atom is 0.349 e. The topological polar surface area (TPSA) is 206 Å². The number of aromatic hydroxyl groups is 3. The second-order valence-corrected chi connectivity index (χ2v) is 15.6. The first-order valence-electron chi connectivity index (χ1n) is 20.2. The van der Waals surface area contributed by atoms with Crippen LogP contribution in [0.5, 0.6) is 34.5 Å². The normalized spacial score (nSPS) is 11.8. The van der Waals surface area contributed by atoms with Crippen LogP contribution in [0.3, 0.4) is 0 Å². The van der Waals surface area contributed by atoms with Gasteiger partial charge >= 0.3 is 17.9 Å². The lowest BCUT2D eigenvalue weighted by molar-refractivity contribution is -0.160. The average molecular weight is 832 g/mol. The van der Waals surface area contributed by atoms with Crippen molar-refractivity contribution in [3.63, 3.8) is 0 Å². The quantitative estimate of drug-likeness (QED) is 0.0409. The van der Waals surface area contributed by atoms with Crippen molar-refractivity contribution >= 4 is 17.9 Å². The standard InChI is InChI=1S/C45H57N3O12/c1-10-13-22-55-40(52)43(4,5)58-28-16-19-31(34(49)25-28)37-46-38(32-20-17-29(26-35(32)50)59-44(6,7)41(53)56-23-14-11-2)48-39(47-37)33-21-18-30(27-36(33)51)60-45(8,9)42(54)57-24-15-12-3/h16-21,25-27,49-51H,10-15,22-24H2,1-9H3. The van der Waals surface area contributed by atoms with E-state index in [9.17, 15) is 29.7 Å². The Morgan fingerprint density at radius 2 is 0.717 bits per heavy atom. The van der Waals surface area contributed by atoms with Gasteiger partial charge in [0.05, 0.1) is 36.5 Å². The minimum Gasteiger partial charge on any atom is -0.507 e. The molecule has 4 aromatic rings. The molecule has 0 aliphatic carbocycles. The molecule has 0 atom stereocenters. The van der Waals surface area contributed by atoms with Crippen molar-refractivity contribution < 1.29 is 58.1 Å². The van der Waals surface area contributed by atoms with Crippen LogP contribution >= 0.6 is 0 Å². The van der Waals surface area contributed by atoms with E-state index in [4.69, 9.17) is 28.4 Å². The summed E-state index contributed by atoms with van der Waals surface area (Å²) < 4.78 is 33.8. The first-order chi connectivity index (χ1) is 28.3. The van der Waals surface area contributed by atoms with E-state index in [1.54, 1.807) is 41.5 Å². The van der Waals surface area contributed by atoms with Gasteiger partial charge in [0.25, 0.3) is 0 Å². The molecule has 0 bridgehead atoms. The summed E-state index contributed by atoms with van der Waals surface area (Å²) in [5, 5.41) is 33.9. The number of hydrogen-bond donors (Lipinski definition) is 3. The molecule has 15 nitrogen and oxygen atoms in total. The summed E-state index contributed by atoms with van der Waals surface area (Å²) in [6.45, 7) is 16.1. The van der Waals surface area contributed by atoms with Crippen LogP contribution in [0.2, 0.25) is 0 Å². The van der Waals surface area contributed by atoms with Crippen LogP contribution in [-0.4, -0.2) is 84.8 Å². The summed E-state index contributed by atoms with van der Waals surface area (Å²) in [5.41, 5.74) is -3.73. The number of nitrogens with zero attached hydrogens (tertiary/aromatic N) is 3. The first kappa shape index (κ1) is 46.6. The lowest BCUT2D eigenvalue weighted by Gasteiger charge is -2.25. The SMILES string of the molecule is CCCCOC(=O)C(C)(C)Oc1ccc(-c2nc(-c3ccc(OC(C)(C)C(=O)OCCCC)cc3O)nc(-c3ccc(OC(C)(C)C(=O)OCCCC)cc3O)n2)c(O)c1. The summed E-state index contributed by atoms with van der Waals surface area (Å²) in [6.07, 6.45) is 4.69. The van der Waals surface area contributed by atoms with Crippen LogP contribution in [0.15, 0.2) is 54.6 Å². The number of carbonyl (C=O) groups is 3. The zero-order valence-corrected chi connectivity index (χ0v) is 35.9. The Morgan fingerprint density at radius 3 is 0.933 bits per heavy atom. The lowest BCUT2D eigenvalue weighted by atomic mass is 10.1. The van der Waals surface area contributed by atoms with Gasteiger partial charge in [-0.1, -0.05) is 40.0 Å². The average Bonchev–Trinajstić information content (AvgIpc) is 3.17. The molecule has 3 N–H and O–H groups in total. The van der Waals surface area contributed by atoms with Crippen molar-refractivity contribution in [1.29, 1.82) is 0 Å². The predicted molar refractivity (Wildman–Crippen MR) is 223 cm³/mol. The Morgan fingerprint density at radius 1 is 0.467 bits per heavy atom. The Labute approximate surface area is 351 Å². The molecular formula is C45H57N3O12. The molecule has 0 saturated heterocycles. The third kappa shape index (κ3) is 12.2. The highest BCUT2D eigenvalue weighted by molar-refractivity contribution is 5.81. The predicted octanol–water partition coefficient (Wildman–Crippen LogP) is 8.49. The summed E-state index contributed by atoms with van der Waals surface area (Å²) in [4.78, 5) is 51.9. The number of rotatable bonds is 21. The molecule has 0 unspecified atom stereocenters. The van der Waals surface area contributed by atoms with Crippen LogP contribution < -0.4 is 14.2 Å². The van der Waals surface area contributed by atoms with E-state index in [1.807, 2.05) is 20.8 Å². The van der Waals surface area contributed by atoms with E-state index in [2.05, 4.69) is 15.0 Å². The molecular weight excluding hydrogens is 775 g/mol. The molecule has 3 aromatic carbocycles. The zero-order valence-electron chi connectivity index (χ0n) is 35.9. The van der Waals surface area contributed by atoms with Crippen molar-refractivity contribution in [1.82, 2.24) is 15.0 Å². The molecule has 0 spiro atoms. The number of aromatic nitrogens is 3. The molecule has 0 aliphatic heterocycles. The van der Waals surface area contributed by atoms with Gasteiger partial charge in [0, 0.05) is 18.2 Å². The van der Waals surface area contributed by atoms with Crippen molar-refractivity contribution in [2.45, 2.75) is 118 Å². The summed E-state index contributed by atoms with van der Waals surface area (Å²) in [6, 6.07) is 12.9. The molecule has 0 saturated carbocycles. The molecule has 0 amide bonds. The number of unbranched alkanes of at least 4 members (excludes halogenated alkanes) is 3. The summed E-state index contributed by atoms with van der Waals surface area (Å²) in [5.74, 6) is -2.29. The second kappa shape index (κ2) is 20.2. The van der Waals surface area contributed by atoms with Gasteiger partial charge in [0.15, 0.2) is 34.3 Å². The largest absolute Gasteiger partial charge is 0.507 e.